The number of hydrogen-bond donors (Lipinski definition) is 2. The number of carbonyl (C=O) groups excluding carboxylic acids is 3. The van der Waals surface area contributed by atoms with Crippen LogP contribution >= 0.6 is 0 Å². The molecular weight excluding hydrogens is 522 g/mol. The van der Waals surface area contributed by atoms with Gasteiger partial charge in [0.15, 0.2) is 0 Å². The number of hydrazone groups is 1. The van der Waals surface area contributed by atoms with Crippen molar-refractivity contribution in [3.05, 3.63) is 83.4 Å². The highest BCUT2D eigenvalue weighted by atomic mass is 16.5. The molecule has 0 spiro atoms. The predicted molar refractivity (Wildman–Crippen MR) is 156 cm³/mol. The highest BCUT2D eigenvalue weighted by Gasteiger charge is 2.24. The molecule has 3 rings (SSSR count). The molecule has 0 unspecified atom stereocenters. The van der Waals surface area contributed by atoms with Crippen LogP contribution in [0.5, 0.6) is 0 Å². The molecule has 41 heavy (non-hydrogen) atoms. The number of carbonyl (C=O) groups is 4. The second kappa shape index (κ2) is 17.4. The van der Waals surface area contributed by atoms with Crippen LogP contribution in [-0.2, 0) is 30.5 Å². The number of nitrogens with zero attached hydrogens (tertiary/aromatic N) is 2. The van der Waals surface area contributed by atoms with Crippen LogP contribution in [0.1, 0.15) is 87.0 Å². The van der Waals surface area contributed by atoms with Gasteiger partial charge in [0.25, 0.3) is 0 Å². The Labute approximate surface area is 241 Å². The molecule has 2 N–H and O–H groups in total. The summed E-state index contributed by atoms with van der Waals surface area (Å²) in [4.78, 5) is 50.1. The summed E-state index contributed by atoms with van der Waals surface area (Å²) >= 11 is 0. The third-order valence-electron chi connectivity index (χ3n) is 6.66. The summed E-state index contributed by atoms with van der Waals surface area (Å²) in [6.45, 7) is 0.572. The number of amides is 2. The molecule has 1 aliphatic rings. The van der Waals surface area contributed by atoms with Crippen LogP contribution in [0.4, 0.5) is 0 Å². The maximum atomic E-state index is 13.3. The van der Waals surface area contributed by atoms with Gasteiger partial charge < -0.3 is 14.7 Å². The molecule has 1 heterocycles. The molecule has 2 aromatic carbocycles. The number of unbranched alkanes of at least 4 members (excludes halogenated alkanes) is 3. The van der Waals surface area contributed by atoms with E-state index in [0.717, 1.165) is 29.5 Å². The standard InChI is InChI=1S/C32H39N3O6/c36-29(17-8-1-3-10-19-31(38)39)34-33-22-25-13-12-14-26(21-25)23-35-24-28(27-15-6-5-7-16-27)41-32(40)20-11-4-2-9-18-30(35)37/h2,4-7,12-16,21-22,28H,1,3,8-11,17-20,23-24H2,(H,34,36)(H,38,39)/b4-2+,33-22+/t28-/m1/s1. The van der Waals surface area contributed by atoms with Gasteiger partial charge in [-0.05, 0) is 48.4 Å². The Kier molecular flexibility index (Phi) is 13.3. The smallest absolute Gasteiger partial charge is 0.306 e. The molecule has 218 valence electrons. The molecule has 0 fully saturated rings. The topological polar surface area (TPSA) is 125 Å². The van der Waals surface area contributed by atoms with Gasteiger partial charge in [0, 0.05) is 32.2 Å². The van der Waals surface area contributed by atoms with Crippen LogP contribution in [0.25, 0.3) is 0 Å². The molecule has 9 nitrogen and oxygen atoms in total. The predicted octanol–water partition coefficient (Wildman–Crippen LogP) is 5.31. The summed E-state index contributed by atoms with van der Waals surface area (Å²) in [7, 11) is 0. The van der Waals surface area contributed by atoms with E-state index in [4.69, 9.17) is 9.84 Å². The fourth-order valence-electron chi connectivity index (χ4n) is 4.49. The zero-order valence-electron chi connectivity index (χ0n) is 23.4. The second-order valence-electron chi connectivity index (χ2n) is 10.1. The van der Waals surface area contributed by atoms with Gasteiger partial charge in [0.05, 0.1) is 12.8 Å². The minimum absolute atomic E-state index is 0.0264. The molecule has 0 aromatic heterocycles. The second-order valence-corrected chi connectivity index (χ2v) is 10.1. The molecule has 1 aliphatic heterocycles. The molecule has 0 saturated heterocycles. The number of ether oxygens (including phenoxy) is 1. The normalized spacial score (nSPS) is 17.4. The number of carboxylic acid groups (broad SMARTS) is 1. The monoisotopic (exact) mass is 561 g/mol. The number of esters is 1. The van der Waals surface area contributed by atoms with Gasteiger partial charge >= 0.3 is 11.9 Å². The molecule has 9 heteroatoms. The first-order valence-electron chi connectivity index (χ1n) is 14.2. The Morgan fingerprint density at radius 2 is 1.68 bits per heavy atom. The first kappa shape index (κ1) is 31.3. The van der Waals surface area contributed by atoms with E-state index in [-0.39, 0.29) is 30.7 Å². The molecular formula is C32H39N3O6. The maximum Gasteiger partial charge on any atom is 0.306 e. The number of rotatable bonds is 12. The Morgan fingerprint density at radius 3 is 2.44 bits per heavy atom. The van der Waals surface area contributed by atoms with Crippen LogP contribution in [0, 0.1) is 0 Å². The Bertz CT molecular complexity index is 1210. The van der Waals surface area contributed by atoms with Gasteiger partial charge in [-0.15, -0.1) is 0 Å². The van der Waals surface area contributed by atoms with E-state index < -0.39 is 12.1 Å². The molecule has 0 saturated carbocycles. The van der Waals surface area contributed by atoms with Crippen molar-refractivity contribution >= 4 is 30.0 Å². The van der Waals surface area contributed by atoms with Crippen molar-refractivity contribution in [1.29, 1.82) is 0 Å². The average molecular weight is 562 g/mol. The van der Waals surface area contributed by atoms with Crippen LogP contribution in [0.2, 0.25) is 0 Å². The Hall–Kier alpha value is -4.27. The number of aliphatic carboxylic acids is 1. The van der Waals surface area contributed by atoms with Crippen molar-refractivity contribution in [2.24, 2.45) is 5.10 Å². The number of carboxylic acids is 1. The van der Waals surface area contributed by atoms with Gasteiger partial charge in [-0.1, -0.05) is 73.5 Å². The lowest BCUT2D eigenvalue weighted by atomic mass is 10.1. The van der Waals surface area contributed by atoms with Gasteiger partial charge in [0.1, 0.15) is 6.10 Å². The highest BCUT2D eigenvalue weighted by Crippen LogP contribution is 2.23. The summed E-state index contributed by atoms with van der Waals surface area (Å²) in [5, 5.41) is 12.7. The minimum Gasteiger partial charge on any atom is -0.481 e. The summed E-state index contributed by atoms with van der Waals surface area (Å²) < 4.78 is 5.83. The van der Waals surface area contributed by atoms with E-state index in [0.29, 0.717) is 51.5 Å². The molecule has 0 aliphatic carbocycles. The van der Waals surface area contributed by atoms with Crippen LogP contribution in [0.15, 0.2) is 71.9 Å². The fraction of sp³-hybridized carbons (Fsp3) is 0.406. The van der Waals surface area contributed by atoms with Crippen molar-refractivity contribution in [3.63, 3.8) is 0 Å². The fourth-order valence-corrected chi connectivity index (χ4v) is 4.49. The molecule has 1 atom stereocenters. The van der Waals surface area contributed by atoms with Crippen molar-refractivity contribution in [1.82, 2.24) is 10.3 Å². The lowest BCUT2D eigenvalue weighted by Gasteiger charge is -2.28. The van der Waals surface area contributed by atoms with E-state index in [9.17, 15) is 19.2 Å². The van der Waals surface area contributed by atoms with E-state index in [1.165, 1.54) is 0 Å². The highest BCUT2D eigenvalue weighted by molar-refractivity contribution is 5.82. The van der Waals surface area contributed by atoms with Crippen molar-refractivity contribution in [2.45, 2.75) is 76.9 Å². The quantitative estimate of drug-likeness (QED) is 0.119. The van der Waals surface area contributed by atoms with Gasteiger partial charge in [0.2, 0.25) is 11.8 Å². The van der Waals surface area contributed by atoms with Gasteiger partial charge in [-0.25, -0.2) is 5.43 Å². The van der Waals surface area contributed by atoms with Crippen molar-refractivity contribution in [3.8, 4) is 0 Å². The largest absolute Gasteiger partial charge is 0.481 e. The zero-order valence-corrected chi connectivity index (χ0v) is 23.4. The lowest BCUT2D eigenvalue weighted by Crippen LogP contribution is -2.35. The summed E-state index contributed by atoms with van der Waals surface area (Å²) in [6.07, 6.45) is 10.0. The van der Waals surface area contributed by atoms with Crippen molar-refractivity contribution < 1.29 is 29.0 Å². The number of cyclic esters (lactones) is 1. The summed E-state index contributed by atoms with van der Waals surface area (Å²) in [5.74, 6) is -1.32. The SMILES string of the molecule is O=C(O)CCCCCCC(=O)N/N=C/c1cccc(CN2C[C@H](c3ccccc3)OC(=O)CC/C=C/CCC2=O)c1. The minimum atomic E-state index is -0.800. The maximum absolute atomic E-state index is 13.3. The van der Waals surface area contributed by atoms with Crippen LogP contribution < -0.4 is 5.43 Å². The third-order valence-corrected chi connectivity index (χ3v) is 6.66. The lowest BCUT2D eigenvalue weighted by molar-refractivity contribution is -0.152. The van der Waals surface area contributed by atoms with Crippen LogP contribution in [-0.4, -0.2) is 46.5 Å². The molecule has 2 amide bonds. The summed E-state index contributed by atoms with van der Waals surface area (Å²) in [6, 6.07) is 17.0. The third kappa shape index (κ3) is 12.2. The van der Waals surface area contributed by atoms with Crippen LogP contribution in [0.3, 0.4) is 0 Å². The van der Waals surface area contributed by atoms with E-state index in [1.807, 2.05) is 66.7 Å². The van der Waals surface area contributed by atoms with Gasteiger partial charge in [-0.3, -0.25) is 19.2 Å². The average Bonchev–Trinajstić information content (AvgIpc) is 2.95. The van der Waals surface area contributed by atoms with Gasteiger partial charge in [-0.2, -0.15) is 5.10 Å². The van der Waals surface area contributed by atoms with Crippen molar-refractivity contribution in [2.75, 3.05) is 6.54 Å². The zero-order chi connectivity index (χ0) is 29.3. The van der Waals surface area contributed by atoms with E-state index in [1.54, 1.807) is 11.1 Å². The van der Waals surface area contributed by atoms with E-state index >= 15 is 0 Å². The first-order chi connectivity index (χ1) is 19.9. The number of nitrogens with one attached hydrogen (secondary N) is 1. The number of benzene rings is 2. The summed E-state index contributed by atoms with van der Waals surface area (Å²) in [5.41, 5.74) is 5.02. The number of allylic oxidation sites excluding steroid dienone is 2. The van der Waals surface area contributed by atoms with E-state index in [2.05, 4.69) is 10.5 Å². The molecule has 0 radical (unpaired) electrons. The Balaban J connectivity index is 1.62. The first-order valence-corrected chi connectivity index (χ1v) is 14.2. The Morgan fingerprint density at radius 1 is 0.951 bits per heavy atom. The molecule has 2 aromatic rings. The molecule has 0 bridgehead atoms. The number of hydrogen-bond acceptors (Lipinski definition) is 6.